The van der Waals surface area contributed by atoms with E-state index in [-0.39, 0.29) is 10.8 Å². The van der Waals surface area contributed by atoms with Crippen molar-refractivity contribution < 1.29 is 14.0 Å². The maximum absolute atomic E-state index is 11.3. The number of hydrogen-bond donors (Lipinski definition) is 0. The Morgan fingerprint density at radius 3 is 2.11 bits per heavy atom. The molecule has 0 saturated carbocycles. The molecule has 1 atom stereocenters. The molecule has 0 aliphatic rings. The van der Waals surface area contributed by atoms with Crippen LogP contribution < -0.4 is 0 Å². The molecule has 0 amide bonds. The molecule has 2 aromatic carbocycles. The third kappa shape index (κ3) is 7.01. The van der Waals surface area contributed by atoms with Crippen molar-refractivity contribution in [3.8, 4) is 0 Å². The fraction of sp³-hybridized carbons (Fsp3) is 0.458. The molecule has 1 unspecified atom stereocenters. The Morgan fingerprint density at radius 2 is 1.54 bits per heavy atom. The Balaban J connectivity index is 2.04. The minimum absolute atomic E-state index is 0.0472. The molecule has 0 aromatic heterocycles. The maximum Gasteiger partial charge on any atom is 0.194 e. The number of hydrogen-bond acceptors (Lipinski definition) is 3. The summed E-state index contributed by atoms with van der Waals surface area (Å²) in [6, 6.07) is 20.9. The van der Waals surface area contributed by atoms with E-state index in [9.17, 15) is 4.79 Å². The second-order valence-electron chi connectivity index (χ2n) is 8.34. The molecule has 0 heterocycles. The van der Waals surface area contributed by atoms with Gasteiger partial charge in [-0.25, -0.2) is 0 Å². The zero-order valence-corrected chi connectivity index (χ0v) is 18.7. The Bertz CT molecular complexity index is 715. The van der Waals surface area contributed by atoms with Crippen molar-refractivity contribution >= 4 is 14.1 Å². The topological polar surface area (TPSA) is 35.5 Å². The molecule has 0 saturated heterocycles. The first-order chi connectivity index (χ1) is 13.3. The number of aryl methyl sites for hydroxylation is 1. The summed E-state index contributed by atoms with van der Waals surface area (Å²) in [6.45, 7) is 10.2. The summed E-state index contributed by atoms with van der Waals surface area (Å²) < 4.78 is 12.5. The Labute approximate surface area is 171 Å². The van der Waals surface area contributed by atoms with E-state index in [0.717, 1.165) is 12.8 Å². The van der Waals surface area contributed by atoms with Crippen LogP contribution in [0.5, 0.6) is 0 Å². The van der Waals surface area contributed by atoms with Crippen LogP contribution in [0.2, 0.25) is 18.1 Å². The van der Waals surface area contributed by atoms with Crippen LogP contribution >= 0.6 is 0 Å². The van der Waals surface area contributed by atoms with Gasteiger partial charge < -0.3 is 9.16 Å². The highest BCUT2D eigenvalue weighted by Crippen LogP contribution is 2.43. The number of ether oxygens (including phenoxy) is 1. The fourth-order valence-corrected chi connectivity index (χ4v) is 5.34. The lowest BCUT2D eigenvalue weighted by Crippen LogP contribution is -2.47. The van der Waals surface area contributed by atoms with Gasteiger partial charge in [-0.2, -0.15) is 0 Å². The third-order valence-corrected chi connectivity index (χ3v) is 9.94. The van der Waals surface area contributed by atoms with Gasteiger partial charge >= 0.3 is 0 Å². The van der Waals surface area contributed by atoms with E-state index < -0.39 is 8.32 Å². The third-order valence-electron chi connectivity index (χ3n) is 5.71. The van der Waals surface area contributed by atoms with Gasteiger partial charge in [-0.15, -0.1) is 0 Å². The van der Waals surface area contributed by atoms with Crippen molar-refractivity contribution in [2.24, 2.45) is 0 Å². The number of Topliss-reactive ketones (excluding diaryl/α,β-unsaturated/α-hetero) is 1. The summed E-state index contributed by atoms with van der Waals surface area (Å²) in [5, 5.41) is -0.0472. The van der Waals surface area contributed by atoms with E-state index in [0.29, 0.717) is 26.2 Å². The highest BCUT2D eigenvalue weighted by molar-refractivity contribution is 6.74. The summed E-state index contributed by atoms with van der Waals surface area (Å²) in [4.78, 5) is 11.3. The highest BCUT2D eigenvalue weighted by atomic mass is 28.4. The van der Waals surface area contributed by atoms with Crippen LogP contribution in [0.4, 0.5) is 0 Å². The quantitative estimate of drug-likeness (QED) is 0.424. The van der Waals surface area contributed by atoms with Crippen LogP contribution in [0.25, 0.3) is 0 Å². The van der Waals surface area contributed by atoms with Gasteiger partial charge in [0.15, 0.2) is 8.32 Å². The minimum Gasteiger partial charge on any atom is -0.416 e. The van der Waals surface area contributed by atoms with Crippen molar-refractivity contribution in [3.63, 3.8) is 0 Å². The maximum atomic E-state index is 11.3. The van der Waals surface area contributed by atoms with E-state index in [4.69, 9.17) is 9.16 Å². The fourth-order valence-electron chi connectivity index (χ4n) is 3.20. The SMILES string of the molecule is CC(=O)CCO[Si](C)(C)C(C)(CCc1ccccc1)COCc1ccccc1. The van der Waals surface area contributed by atoms with E-state index in [1.165, 1.54) is 11.1 Å². The smallest absolute Gasteiger partial charge is 0.194 e. The average molecular weight is 399 g/mol. The highest BCUT2D eigenvalue weighted by Gasteiger charge is 2.44. The summed E-state index contributed by atoms with van der Waals surface area (Å²) in [5.74, 6) is 0.177. The first kappa shape index (κ1) is 22.5. The summed E-state index contributed by atoms with van der Waals surface area (Å²) >= 11 is 0. The molecule has 0 radical (unpaired) electrons. The van der Waals surface area contributed by atoms with Gasteiger partial charge in [-0.3, -0.25) is 4.79 Å². The molecule has 0 aliphatic carbocycles. The number of ketones is 1. The molecular weight excluding hydrogens is 364 g/mol. The molecular formula is C24H34O3Si. The van der Waals surface area contributed by atoms with Gasteiger partial charge in [-0.05, 0) is 44.0 Å². The van der Waals surface area contributed by atoms with Gasteiger partial charge in [-0.1, -0.05) is 67.6 Å². The van der Waals surface area contributed by atoms with Crippen molar-refractivity contribution in [2.75, 3.05) is 13.2 Å². The van der Waals surface area contributed by atoms with Crippen molar-refractivity contribution in [3.05, 3.63) is 71.8 Å². The molecule has 3 nitrogen and oxygen atoms in total. The van der Waals surface area contributed by atoms with E-state index in [2.05, 4.69) is 62.5 Å². The lowest BCUT2D eigenvalue weighted by atomic mass is 10.0. The lowest BCUT2D eigenvalue weighted by Gasteiger charge is -2.42. The van der Waals surface area contributed by atoms with Gasteiger partial charge in [0.25, 0.3) is 0 Å². The van der Waals surface area contributed by atoms with Crippen molar-refractivity contribution in [1.82, 2.24) is 0 Å². The molecule has 0 aliphatic heterocycles. The predicted molar refractivity (Wildman–Crippen MR) is 118 cm³/mol. The summed E-state index contributed by atoms with van der Waals surface area (Å²) in [7, 11) is -2.09. The Kier molecular flexibility index (Phi) is 8.61. The first-order valence-corrected chi connectivity index (χ1v) is 13.0. The monoisotopic (exact) mass is 398 g/mol. The van der Waals surface area contributed by atoms with E-state index in [1.54, 1.807) is 6.92 Å². The number of carbonyl (C=O) groups excluding carboxylic acids is 1. The second-order valence-corrected chi connectivity index (χ2v) is 12.9. The zero-order chi connectivity index (χ0) is 20.5. The molecule has 2 aromatic rings. The van der Waals surface area contributed by atoms with E-state index in [1.807, 2.05) is 18.2 Å². The first-order valence-electron chi connectivity index (χ1n) is 10.1. The standard InChI is InChI=1S/C24H34O3Si/c1-21(25)16-18-27-28(3,4)24(2,17-15-22-11-7-5-8-12-22)20-26-19-23-13-9-6-10-14-23/h5-14H,15-20H2,1-4H3. The van der Waals surface area contributed by atoms with Gasteiger partial charge in [0, 0.05) is 18.1 Å². The molecule has 2 rings (SSSR count). The second kappa shape index (κ2) is 10.7. The van der Waals surface area contributed by atoms with Crippen molar-refractivity contribution in [1.29, 1.82) is 0 Å². The van der Waals surface area contributed by atoms with Crippen LogP contribution in [0.15, 0.2) is 60.7 Å². The van der Waals surface area contributed by atoms with Crippen molar-refractivity contribution in [2.45, 2.75) is 57.8 Å². The molecule has 0 bridgehead atoms. The molecule has 0 N–H and O–H groups in total. The van der Waals surface area contributed by atoms with Crippen LogP contribution in [-0.4, -0.2) is 27.3 Å². The molecule has 4 heteroatoms. The molecule has 0 fully saturated rings. The minimum atomic E-state index is -2.09. The van der Waals surface area contributed by atoms with Gasteiger partial charge in [0.2, 0.25) is 0 Å². The van der Waals surface area contributed by atoms with Crippen LogP contribution in [0.1, 0.15) is 37.8 Å². The Hall–Kier alpha value is -1.75. The average Bonchev–Trinajstić information content (AvgIpc) is 2.67. The normalized spacial score (nSPS) is 13.9. The largest absolute Gasteiger partial charge is 0.416 e. The van der Waals surface area contributed by atoms with Gasteiger partial charge in [0.1, 0.15) is 5.78 Å². The molecule has 28 heavy (non-hydrogen) atoms. The van der Waals surface area contributed by atoms with E-state index >= 15 is 0 Å². The molecule has 0 spiro atoms. The number of benzene rings is 2. The van der Waals surface area contributed by atoms with Gasteiger partial charge in [0.05, 0.1) is 13.2 Å². The van der Waals surface area contributed by atoms with Crippen LogP contribution in [0, 0.1) is 0 Å². The summed E-state index contributed by atoms with van der Waals surface area (Å²) in [5.41, 5.74) is 2.52. The number of rotatable bonds is 12. The Morgan fingerprint density at radius 1 is 0.964 bits per heavy atom. The predicted octanol–water partition coefficient (Wildman–Crippen LogP) is 5.80. The summed E-state index contributed by atoms with van der Waals surface area (Å²) in [6.07, 6.45) is 2.49. The number of carbonyl (C=O) groups is 1. The van der Waals surface area contributed by atoms with Crippen LogP contribution in [0.3, 0.4) is 0 Å². The zero-order valence-electron chi connectivity index (χ0n) is 17.7. The molecule has 152 valence electrons. The van der Waals surface area contributed by atoms with Crippen LogP contribution in [-0.2, 0) is 27.0 Å². The lowest BCUT2D eigenvalue weighted by molar-refractivity contribution is -0.117.